The zero-order chi connectivity index (χ0) is 15.8. The molecule has 21 heavy (non-hydrogen) atoms. The molecule has 2 aromatic heterocycles. The molecular weight excluding hydrogens is 292 g/mol. The van der Waals surface area contributed by atoms with Gasteiger partial charge >= 0.3 is 5.97 Å². The van der Waals surface area contributed by atoms with Gasteiger partial charge in [-0.15, -0.1) is 0 Å². The van der Waals surface area contributed by atoms with Gasteiger partial charge in [0.1, 0.15) is 5.60 Å². The summed E-state index contributed by atoms with van der Waals surface area (Å²) in [6, 6.07) is 3.30. The van der Waals surface area contributed by atoms with Gasteiger partial charge in [0.25, 0.3) is 0 Å². The summed E-state index contributed by atoms with van der Waals surface area (Å²) in [6.07, 6.45) is 2.81. The summed E-state index contributed by atoms with van der Waals surface area (Å²) in [7, 11) is -3.25. The van der Waals surface area contributed by atoms with Crippen LogP contribution < -0.4 is 0 Å². The lowest BCUT2D eigenvalue weighted by Gasteiger charge is -2.19. The number of pyridine rings is 1. The summed E-state index contributed by atoms with van der Waals surface area (Å²) in [6.45, 7) is 5.28. The molecule has 2 heterocycles. The maximum atomic E-state index is 12.1. The van der Waals surface area contributed by atoms with Crippen LogP contribution in [0, 0.1) is 0 Å². The Hall–Kier alpha value is -1.89. The normalized spacial score (nSPS) is 12.6. The van der Waals surface area contributed by atoms with Crippen molar-refractivity contribution < 1.29 is 17.9 Å². The summed E-state index contributed by atoms with van der Waals surface area (Å²) in [5.74, 6) is -0.799. The number of aromatic amines is 1. The molecule has 0 bridgehead atoms. The van der Waals surface area contributed by atoms with Gasteiger partial charge in [-0.25, -0.2) is 18.2 Å². The van der Waals surface area contributed by atoms with Gasteiger partial charge in [0, 0.05) is 23.4 Å². The third-order valence-corrected chi connectivity index (χ3v) is 3.43. The van der Waals surface area contributed by atoms with Crippen molar-refractivity contribution in [2.24, 2.45) is 0 Å². The Kier molecular flexibility index (Phi) is 3.79. The molecule has 0 aromatic carbocycles. The van der Waals surface area contributed by atoms with Crippen LogP contribution in [0.4, 0.5) is 0 Å². The van der Waals surface area contributed by atoms with Gasteiger partial charge in [0.15, 0.2) is 15.5 Å². The highest BCUT2D eigenvalue weighted by Crippen LogP contribution is 2.21. The maximum Gasteiger partial charge on any atom is 0.357 e. The van der Waals surface area contributed by atoms with E-state index < -0.39 is 21.4 Å². The molecule has 2 rings (SSSR count). The number of nitrogens with zero attached hydrogens (tertiary/aromatic N) is 1. The molecule has 114 valence electrons. The van der Waals surface area contributed by atoms with Crippen LogP contribution in [0.1, 0.15) is 37.0 Å². The highest BCUT2D eigenvalue weighted by atomic mass is 32.2. The highest BCUT2D eigenvalue weighted by molar-refractivity contribution is 7.89. The number of carbonyl (C=O) groups excluding carboxylic acids is 1. The molecule has 0 fully saturated rings. The number of hydrogen-bond acceptors (Lipinski definition) is 5. The van der Waals surface area contributed by atoms with Gasteiger partial charge in [-0.1, -0.05) is 0 Å². The molecule has 7 heteroatoms. The molecule has 1 N–H and O–H groups in total. The fraction of sp³-hybridized carbons (Fsp3) is 0.429. The van der Waals surface area contributed by atoms with E-state index in [1.165, 1.54) is 0 Å². The number of carbonyl (C=O) groups is 1. The van der Waals surface area contributed by atoms with E-state index in [-0.39, 0.29) is 11.4 Å². The number of ether oxygens (including phenoxy) is 1. The third kappa shape index (κ3) is 4.04. The van der Waals surface area contributed by atoms with E-state index in [1.807, 2.05) is 0 Å². The molecule has 0 aliphatic rings. The molecule has 0 radical (unpaired) electrons. The lowest BCUT2D eigenvalue weighted by Crippen LogP contribution is -2.24. The van der Waals surface area contributed by atoms with E-state index in [0.717, 1.165) is 6.26 Å². The number of rotatable bonds is 3. The summed E-state index contributed by atoms with van der Waals surface area (Å²) in [4.78, 5) is 19.2. The van der Waals surface area contributed by atoms with E-state index in [0.29, 0.717) is 16.6 Å². The van der Waals surface area contributed by atoms with Gasteiger partial charge in [0.05, 0.1) is 11.4 Å². The average molecular weight is 310 g/mol. The van der Waals surface area contributed by atoms with Crippen LogP contribution in [-0.4, -0.2) is 36.2 Å². The lowest BCUT2D eigenvalue weighted by molar-refractivity contribution is 0.00627. The molecule has 0 aliphatic heterocycles. The number of fused-ring (bicyclic) bond motifs is 1. The Morgan fingerprint density at radius 1 is 1.38 bits per heavy atom. The second-order valence-corrected chi connectivity index (χ2v) is 8.11. The van der Waals surface area contributed by atoms with E-state index in [2.05, 4.69) is 9.97 Å². The van der Waals surface area contributed by atoms with Crippen molar-refractivity contribution >= 4 is 26.7 Å². The van der Waals surface area contributed by atoms with Gasteiger partial charge in [-0.05, 0) is 32.9 Å². The van der Waals surface area contributed by atoms with Crippen molar-refractivity contribution in [1.82, 2.24) is 9.97 Å². The first-order valence-electron chi connectivity index (χ1n) is 6.43. The predicted octanol–water partition coefficient (Wildman–Crippen LogP) is 2.06. The van der Waals surface area contributed by atoms with Crippen LogP contribution >= 0.6 is 0 Å². The summed E-state index contributed by atoms with van der Waals surface area (Å²) >= 11 is 0. The van der Waals surface area contributed by atoms with Crippen molar-refractivity contribution in [2.45, 2.75) is 32.1 Å². The number of esters is 1. The van der Waals surface area contributed by atoms with Crippen molar-refractivity contribution in [3.8, 4) is 0 Å². The van der Waals surface area contributed by atoms with Crippen LogP contribution in [0.3, 0.4) is 0 Å². The Bertz CT molecular complexity index is 785. The zero-order valence-electron chi connectivity index (χ0n) is 12.4. The molecule has 0 atom stereocenters. The number of hydrogen-bond donors (Lipinski definition) is 1. The maximum absolute atomic E-state index is 12.1. The topological polar surface area (TPSA) is 89.1 Å². The Labute approximate surface area is 123 Å². The lowest BCUT2D eigenvalue weighted by atomic mass is 10.2. The minimum Gasteiger partial charge on any atom is -0.455 e. The summed E-state index contributed by atoms with van der Waals surface area (Å²) in [5, 5.41) is 0.688. The molecular formula is C14H18N2O4S. The molecule has 0 unspecified atom stereocenters. The Morgan fingerprint density at radius 3 is 2.62 bits per heavy atom. The van der Waals surface area contributed by atoms with Crippen LogP contribution in [0.2, 0.25) is 0 Å². The Morgan fingerprint density at radius 2 is 2.05 bits per heavy atom. The molecule has 0 saturated heterocycles. The standard InChI is InChI=1S/C14H18N2O4S/c1-14(2,3)20-13(17)11-7-10-9(5-6-15-10)12(16-11)8-21(4,18)19/h5-7,15H,8H2,1-4H3. The summed E-state index contributed by atoms with van der Waals surface area (Å²) in [5.41, 5.74) is 0.459. The second-order valence-electron chi connectivity index (χ2n) is 5.97. The molecule has 0 spiro atoms. The van der Waals surface area contributed by atoms with Gasteiger partial charge in [0.2, 0.25) is 0 Å². The van der Waals surface area contributed by atoms with E-state index in [9.17, 15) is 13.2 Å². The summed E-state index contributed by atoms with van der Waals surface area (Å²) < 4.78 is 28.3. The average Bonchev–Trinajstić information content (AvgIpc) is 2.72. The fourth-order valence-electron chi connectivity index (χ4n) is 1.92. The van der Waals surface area contributed by atoms with Gasteiger partial charge in [-0.3, -0.25) is 0 Å². The quantitative estimate of drug-likeness (QED) is 0.877. The first-order valence-corrected chi connectivity index (χ1v) is 8.49. The van der Waals surface area contributed by atoms with Crippen LogP contribution in [-0.2, 0) is 20.3 Å². The highest BCUT2D eigenvalue weighted by Gasteiger charge is 2.21. The minimum absolute atomic E-state index is 0.0959. The van der Waals surface area contributed by atoms with Gasteiger partial charge < -0.3 is 9.72 Å². The van der Waals surface area contributed by atoms with Crippen molar-refractivity contribution in [3.05, 3.63) is 29.7 Å². The van der Waals surface area contributed by atoms with Crippen LogP contribution in [0.15, 0.2) is 18.3 Å². The van der Waals surface area contributed by atoms with Crippen molar-refractivity contribution in [3.63, 3.8) is 0 Å². The first kappa shape index (κ1) is 15.5. The van der Waals surface area contributed by atoms with E-state index in [4.69, 9.17) is 4.74 Å². The number of sulfone groups is 1. The monoisotopic (exact) mass is 310 g/mol. The molecule has 0 saturated carbocycles. The molecule has 0 aliphatic carbocycles. The predicted molar refractivity (Wildman–Crippen MR) is 79.8 cm³/mol. The van der Waals surface area contributed by atoms with Gasteiger partial charge in [-0.2, -0.15) is 0 Å². The SMILES string of the molecule is CC(C)(C)OC(=O)c1cc2[nH]ccc2c(CS(C)(=O)=O)n1. The number of H-pyrrole nitrogens is 1. The zero-order valence-corrected chi connectivity index (χ0v) is 13.2. The number of nitrogens with one attached hydrogen (secondary N) is 1. The molecule has 6 nitrogen and oxygen atoms in total. The molecule has 2 aromatic rings. The van der Waals surface area contributed by atoms with Crippen LogP contribution in [0.5, 0.6) is 0 Å². The van der Waals surface area contributed by atoms with Crippen LogP contribution in [0.25, 0.3) is 10.9 Å². The van der Waals surface area contributed by atoms with E-state index >= 15 is 0 Å². The van der Waals surface area contributed by atoms with Crippen molar-refractivity contribution in [2.75, 3.05) is 6.26 Å². The third-order valence-electron chi connectivity index (χ3n) is 2.63. The molecule has 0 amide bonds. The fourth-order valence-corrected chi connectivity index (χ4v) is 2.64. The van der Waals surface area contributed by atoms with Crippen molar-refractivity contribution in [1.29, 1.82) is 0 Å². The second kappa shape index (κ2) is 5.14. The largest absolute Gasteiger partial charge is 0.455 e. The Balaban J connectivity index is 2.49. The van der Waals surface area contributed by atoms with E-state index in [1.54, 1.807) is 39.1 Å². The minimum atomic E-state index is -3.25. The first-order chi connectivity index (χ1) is 9.55. The smallest absolute Gasteiger partial charge is 0.357 e. The number of aromatic nitrogens is 2.